The summed E-state index contributed by atoms with van der Waals surface area (Å²) in [5.41, 5.74) is -1.09. The molecule has 1 N–H and O–H groups in total. The van der Waals surface area contributed by atoms with Crippen molar-refractivity contribution in [1.29, 1.82) is 0 Å². The zero-order chi connectivity index (χ0) is 11.2. The van der Waals surface area contributed by atoms with Gasteiger partial charge in [-0.25, -0.2) is 0 Å². The van der Waals surface area contributed by atoms with Crippen molar-refractivity contribution >= 4 is 12.6 Å². The Morgan fingerprint density at radius 2 is 2.00 bits per heavy atom. The highest BCUT2D eigenvalue weighted by molar-refractivity contribution is 5.56. The minimum Gasteiger partial charge on any atom is -0.393 e. The Kier molecular flexibility index (Phi) is 5.52. The number of hydrogen-bond donors (Lipinski definition) is 1. The van der Waals surface area contributed by atoms with E-state index in [-0.39, 0.29) is 6.61 Å². The molecule has 0 aromatic rings. The second kappa shape index (κ2) is 5.85. The van der Waals surface area contributed by atoms with E-state index in [9.17, 15) is 9.59 Å². The minimum absolute atomic E-state index is 0.361. The molecule has 0 spiro atoms. The fraction of sp³-hybridized carbons (Fsp3) is 0.778. The molecule has 0 aliphatic rings. The first-order chi connectivity index (χ1) is 6.53. The van der Waals surface area contributed by atoms with Crippen molar-refractivity contribution in [3.8, 4) is 0 Å². The van der Waals surface area contributed by atoms with Crippen LogP contribution in [0.25, 0.3) is 0 Å². The number of carbonyl (C=O) groups is 2. The van der Waals surface area contributed by atoms with Crippen molar-refractivity contribution < 1.29 is 24.2 Å². The standard InChI is InChI=1S/C9H16O5/c1-7(4-10)9(2,6-12)14-8(5-11)13-3/h4-5,7-8,12H,6H2,1-3H3/t7-,8-,9?/m0/s1. The molecular formula is C9H16O5. The van der Waals surface area contributed by atoms with Gasteiger partial charge in [-0.3, -0.25) is 4.79 Å². The molecule has 0 saturated carbocycles. The van der Waals surface area contributed by atoms with Crippen LogP contribution in [0.4, 0.5) is 0 Å². The highest BCUT2D eigenvalue weighted by Crippen LogP contribution is 2.21. The number of carbonyl (C=O) groups excluding carboxylic acids is 2. The Bertz CT molecular complexity index is 194. The summed E-state index contributed by atoms with van der Waals surface area (Å²) in [6, 6.07) is 0. The zero-order valence-corrected chi connectivity index (χ0v) is 8.60. The normalized spacial score (nSPS) is 19.4. The Morgan fingerprint density at radius 3 is 2.29 bits per heavy atom. The van der Waals surface area contributed by atoms with E-state index < -0.39 is 17.8 Å². The fourth-order valence-corrected chi connectivity index (χ4v) is 0.829. The lowest BCUT2D eigenvalue weighted by molar-refractivity contribution is -0.209. The monoisotopic (exact) mass is 204 g/mol. The average Bonchev–Trinajstić information content (AvgIpc) is 2.24. The highest BCUT2D eigenvalue weighted by Gasteiger charge is 2.34. The molecule has 3 atom stereocenters. The fourth-order valence-electron chi connectivity index (χ4n) is 0.829. The molecule has 5 heteroatoms. The molecule has 82 valence electrons. The first kappa shape index (κ1) is 13.2. The summed E-state index contributed by atoms with van der Waals surface area (Å²) in [5, 5.41) is 9.07. The van der Waals surface area contributed by atoms with Crippen LogP contribution in [0.5, 0.6) is 0 Å². The van der Waals surface area contributed by atoms with Crippen LogP contribution < -0.4 is 0 Å². The maximum Gasteiger partial charge on any atom is 0.215 e. The maximum atomic E-state index is 10.5. The SMILES string of the molecule is CO[C@H](C=O)OC(C)(CO)[C@@H](C)C=O. The van der Waals surface area contributed by atoms with Gasteiger partial charge in [0.25, 0.3) is 0 Å². The number of aliphatic hydroxyl groups is 1. The van der Waals surface area contributed by atoms with Gasteiger partial charge in [-0.05, 0) is 6.92 Å². The molecule has 0 aromatic heterocycles. The molecule has 1 unspecified atom stereocenters. The highest BCUT2D eigenvalue weighted by atomic mass is 16.7. The van der Waals surface area contributed by atoms with Gasteiger partial charge in [-0.1, -0.05) is 6.92 Å². The van der Waals surface area contributed by atoms with Crippen molar-refractivity contribution in [2.24, 2.45) is 5.92 Å². The Balaban J connectivity index is 4.52. The van der Waals surface area contributed by atoms with E-state index in [4.69, 9.17) is 9.84 Å². The molecule has 0 fully saturated rings. The molecule has 0 saturated heterocycles. The summed E-state index contributed by atoms with van der Waals surface area (Å²) in [5.74, 6) is -0.523. The van der Waals surface area contributed by atoms with Gasteiger partial charge in [0, 0.05) is 13.0 Å². The molecule has 0 rings (SSSR count). The van der Waals surface area contributed by atoms with E-state index in [1.54, 1.807) is 13.8 Å². The molecule has 14 heavy (non-hydrogen) atoms. The van der Waals surface area contributed by atoms with E-state index in [0.29, 0.717) is 12.6 Å². The molecule has 5 nitrogen and oxygen atoms in total. The van der Waals surface area contributed by atoms with Crippen LogP contribution in [0.3, 0.4) is 0 Å². The number of ether oxygens (including phenoxy) is 2. The molecule has 0 aromatic carbocycles. The Morgan fingerprint density at radius 1 is 1.43 bits per heavy atom. The number of aldehydes is 2. The zero-order valence-electron chi connectivity index (χ0n) is 8.60. The Hall–Kier alpha value is -0.780. The van der Waals surface area contributed by atoms with Crippen LogP contribution in [0, 0.1) is 5.92 Å². The van der Waals surface area contributed by atoms with Crippen molar-refractivity contribution in [3.05, 3.63) is 0 Å². The van der Waals surface area contributed by atoms with Crippen LogP contribution in [0.1, 0.15) is 13.8 Å². The number of methoxy groups -OCH3 is 1. The lowest BCUT2D eigenvalue weighted by Gasteiger charge is -2.32. The molecule has 0 aliphatic carbocycles. The summed E-state index contributed by atoms with van der Waals surface area (Å²) in [4.78, 5) is 21.0. The first-order valence-corrected chi connectivity index (χ1v) is 4.26. The van der Waals surface area contributed by atoms with Gasteiger partial charge in [0.2, 0.25) is 6.29 Å². The van der Waals surface area contributed by atoms with Crippen molar-refractivity contribution in [2.45, 2.75) is 25.7 Å². The van der Waals surface area contributed by atoms with Gasteiger partial charge in [0.05, 0.1) is 6.61 Å². The topological polar surface area (TPSA) is 72.8 Å². The van der Waals surface area contributed by atoms with Crippen LogP contribution in [0.2, 0.25) is 0 Å². The van der Waals surface area contributed by atoms with Crippen molar-refractivity contribution in [1.82, 2.24) is 0 Å². The molecule has 0 heterocycles. The predicted octanol–water partition coefficient (Wildman–Crippen LogP) is -0.240. The van der Waals surface area contributed by atoms with E-state index >= 15 is 0 Å². The van der Waals surface area contributed by atoms with Crippen molar-refractivity contribution in [2.75, 3.05) is 13.7 Å². The summed E-state index contributed by atoms with van der Waals surface area (Å²) < 4.78 is 9.84. The second-order valence-electron chi connectivity index (χ2n) is 3.25. The summed E-state index contributed by atoms with van der Waals surface area (Å²) in [7, 11) is 1.31. The van der Waals surface area contributed by atoms with Gasteiger partial charge in [-0.2, -0.15) is 0 Å². The van der Waals surface area contributed by atoms with Crippen LogP contribution in [-0.4, -0.2) is 43.3 Å². The quantitative estimate of drug-likeness (QED) is 0.457. The largest absolute Gasteiger partial charge is 0.393 e. The third-order valence-electron chi connectivity index (χ3n) is 2.21. The molecule has 0 aliphatic heterocycles. The lowest BCUT2D eigenvalue weighted by Crippen LogP contribution is -2.44. The minimum atomic E-state index is -1.09. The van der Waals surface area contributed by atoms with Crippen LogP contribution in [-0.2, 0) is 19.1 Å². The molecule has 0 radical (unpaired) electrons. The van der Waals surface area contributed by atoms with Crippen LogP contribution >= 0.6 is 0 Å². The summed E-state index contributed by atoms with van der Waals surface area (Å²) in [6.07, 6.45) is 0.0636. The van der Waals surface area contributed by atoms with Gasteiger partial charge in [-0.15, -0.1) is 0 Å². The third kappa shape index (κ3) is 3.17. The van der Waals surface area contributed by atoms with E-state index in [1.807, 2.05) is 0 Å². The smallest absolute Gasteiger partial charge is 0.215 e. The summed E-state index contributed by atoms with van der Waals surface area (Å²) in [6.45, 7) is 2.78. The van der Waals surface area contributed by atoms with Gasteiger partial charge in [0.1, 0.15) is 11.9 Å². The molecule has 0 bridgehead atoms. The lowest BCUT2D eigenvalue weighted by atomic mass is 9.93. The van der Waals surface area contributed by atoms with Gasteiger partial charge >= 0.3 is 0 Å². The van der Waals surface area contributed by atoms with Crippen molar-refractivity contribution in [3.63, 3.8) is 0 Å². The molecular weight excluding hydrogens is 188 g/mol. The Labute approximate surface area is 83.0 Å². The third-order valence-corrected chi connectivity index (χ3v) is 2.21. The van der Waals surface area contributed by atoms with Gasteiger partial charge < -0.3 is 19.4 Å². The average molecular weight is 204 g/mol. The number of aliphatic hydroxyl groups excluding tert-OH is 1. The van der Waals surface area contributed by atoms with Crippen LogP contribution in [0.15, 0.2) is 0 Å². The van der Waals surface area contributed by atoms with Gasteiger partial charge in [0.15, 0.2) is 6.29 Å². The molecule has 0 amide bonds. The maximum absolute atomic E-state index is 10.5. The predicted molar refractivity (Wildman–Crippen MR) is 48.7 cm³/mol. The van der Waals surface area contributed by atoms with E-state index in [2.05, 4.69) is 4.74 Å². The number of hydrogen-bond acceptors (Lipinski definition) is 5. The first-order valence-electron chi connectivity index (χ1n) is 4.26. The second-order valence-corrected chi connectivity index (χ2v) is 3.25. The summed E-state index contributed by atoms with van der Waals surface area (Å²) >= 11 is 0. The van der Waals surface area contributed by atoms with E-state index in [1.165, 1.54) is 7.11 Å². The number of rotatable bonds is 7. The van der Waals surface area contributed by atoms with E-state index in [0.717, 1.165) is 0 Å².